The van der Waals surface area contributed by atoms with E-state index in [0.29, 0.717) is 32.4 Å². The molecule has 3 aromatic rings. The zero-order chi connectivity index (χ0) is 21.1. The Morgan fingerprint density at radius 3 is 2.72 bits per heavy atom. The SMILES string of the molecule is COC(=O)CNC(=O)c1ncc(-c2cnn(-c3ccc(Cl)cc3Cl)c2)c(C)c1O. The number of halogens is 2. The predicted octanol–water partition coefficient (Wildman–Crippen LogP) is 3.16. The zero-order valence-corrected chi connectivity index (χ0v) is 17.0. The average Bonchev–Trinajstić information content (AvgIpc) is 3.17. The number of aromatic nitrogens is 3. The fraction of sp³-hybridized carbons (Fsp3) is 0.158. The Balaban J connectivity index is 1.89. The molecule has 2 aromatic heterocycles. The lowest BCUT2D eigenvalue weighted by Gasteiger charge is -2.10. The molecule has 10 heteroatoms. The number of esters is 1. The molecule has 2 heterocycles. The minimum absolute atomic E-state index is 0.191. The van der Waals surface area contributed by atoms with Crippen molar-refractivity contribution in [1.29, 1.82) is 0 Å². The van der Waals surface area contributed by atoms with Gasteiger partial charge in [-0.2, -0.15) is 5.10 Å². The summed E-state index contributed by atoms with van der Waals surface area (Å²) < 4.78 is 6.03. The first-order chi connectivity index (χ1) is 13.8. The maximum absolute atomic E-state index is 12.2. The third-order valence-electron chi connectivity index (χ3n) is 4.19. The molecule has 3 rings (SSSR count). The van der Waals surface area contributed by atoms with Crippen LogP contribution < -0.4 is 5.32 Å². The van der Waals surface area contributed by atoms with Gasteiger partial charge >= 0.3 is 5.97 Å². The quantitative estimate of drug-likeness (QED) is 0.597. The molecule has 0 unspecified atom stereocenters. The molecule has 0 fully saturated rings. The third kappa shape index (κ3) is 4.33. The van der Waals surface area contributed by atoms with Gasteiger partial charge in [0.15, 0.2) is 5.69 Å². The minimum Gasteiger partial charge on any atom is -0.505 e. The molecule has 150 valence electrons. The van der Waals surface area contributed by atoms with E-state index >= 15 is 0 Å². The Bertz CT molecular complexity index is 1100. The summed E-state index contributed by atoms with van der Waals surface area (Å²) in [5.74, 6) is -1.59. The highest BCUT2D eigenvalue weighted by Gasteiger charge is 2.19. The Morgan fingerprint density at radius 1 is 1.28 bits per heavy atom. The van der Waals surface area contributed by atoms with Crippen LogP contribution in [0.15, 0.2) is 36.8 Å². The number of nitrogens with zero attached hydrogens (tertiary/aromatic N) is 3. The van der Waals surface area contributed by atoms with Crippen LogP contribution in [0.4, 0.5) is 0 Å². The summed E-state index contributed by atoms with van der Waals surface area (Å²) in [6.45, 7) is 1.32. The topological polar surface area (TPSA) is 106 Å². The molecule has 0 radical (unpaired) electrons. The van der Waals surface area contributed by atoms with Crippen molar-refractivity contribution in [2.75, 3.05) is 13.7 Å². The van der Waals surface area contributed by atoms with Gasteiger partial charge in [0.1, 0.15) is 12.3 Å². The van der Waals surface area contributed by atoms with Crippen LogP contribution in [-0.4, -0.2) is 45.4 Å². The summed E-state index contributed by atoms with van der Waals surface area (Å²) >= 11 is 12.1. The van der Waals surface area contributed by atoms with Gasteiger partial charge < -0.3 is 15.2 Å². The molecule has 0 aliphatic rings. The van der Waals surface area contributed by atoms with Crippen LogP contribution in [0.5, 0.6) is 5.75 Å². The lowest BCUT2D eigenvalue weighted by molar-refractivity contribution is -0.139. The van der Waals surface area contributed by atoms with E-state index in [1.807, 2.05) is 0 Å². The first-order valence-corrected chi connectivity index (χ1v) is 9.11. The van der Waals surface area contributed by atoms with E-state index < -0.39 is 11.9 Å². The molecular weight excluding hydrogens is 419 g/mol. The van der Waals surface area contributed by atoms with Gasteiger partial charge in [-0.1, -0.05) is 23.2 Å². The van der Waals surface area contributed by atoms with Gasteiger partial charge in [-0.15, -0.1) is 0 Å². The summed E-state index contributed by atoms with van der Waals surface area (Å²) in [5.41, 5.74) is 2.13. The Hall–Kier alpha value is -3.10. The third-order valence-corrected chi connectivity index (χ3v) is 4.73. The van der Waals surface area contributed by atoms with E-state index in [1.54, 1.807) is 42.2 Å². The molecule has 1 aromatic carbocycles. The van der Waals surface area contributed by atoms with E-state index in [2.05, 4.69) is 20.1 Å². The molecule has 29 heavy (non-hydrogen) atoms. The molecule has 0 saturated heterocycles. The van der Waals surface area contributed by atoms with Crippen LogP contribution in [0.25, 0.3) is 16.8 Å². The van der Waals surface area contributed by atoms with Gasteiger partial charge in [0, 0.05) is 34.1 Å². The molecule has 8 nitrogen and oxygen atoms in total. The highest BCUT2D eigenvalue weighted by atomic mass is 35.5. The number of rotatable bonds is 5. The maximum atomic E-state index is 12.2. The fourth-order valence-electron chi connectivity index (χ4n) is 2.62. The van der Waals surface area contributed by atoms with Crippen LogP contribution in [0.2, 0.25) is 10.0 Å². The van der Waals surface area contributed by atoms with Gasteiger partial charge in [0.2, 0.25) is 0 Å². The smallest absolute Gasteiger partial charge is 0.325 e. The van der Waals surface area contributed by atoms with Gasteiger partial charge in [0.05, 0.1) is 24.0 Å². The van der Waals surface area contributed by atoms with E-state index in [0.717, 1.165) is 0 Å². The molecule has 0 aliphatic carbocycles. The first-order valence-electron chi connectivity index (χ1n) is 8.36. The van der Waals surface area contributed by atoms with E-state index in [9.17, 15) is 14.7 Å². The van der Waals surface area contributed by atoms with Crippen LogP contribution in [0, 0.1) is 6.92 Å². The summed E-state index contributed by atoms with van der Waals surface area (Å²) in [7, 11) is 1.21. The fourth-order valence-corrected chi connectivity index (χ4v) is 3.11. The average molecular weight is 435 g/mol. The molecule has 0 atom stereocenters. The second-order valence-corrected chi connectivity index (χ2v) is 6.87. The van der Waals surface area contributed by atoms with Crippen LogP contribution >= 0.6 is 23.2 Å². The first kappa shape index (κ1) is 20.6. The summed E-state index contributed by atoms with van der Waals surface area (Å²) in [5, 5.41) is 18.0. The Morgan fingerprint density at radius 2 is 2.03 bits per heavy atom. The van der Waals surface area contributed by atoms with Crippen LogP contribution in [0.1, 0.15) is 16.1 Å². The van der Waals surface area contributed by atoms with Crippen molar-refractivity contribution < 1.29 is 19.4 Å². The minimum atomic E-state index is -0.689. The monoisotopic (exact) mass is 434 g/mol. The number of carbonyl (C=O) groups is 2. The second kappa shape index (κ2) is 8.50. The number of nitrogens with one attached hydrogen (secondary N) is 1. The highest BCUT2D eigenvalue weighted by Crippen LogP contribution is 2.32. The summed E-state index contributed by atoms with van der Waals surface area (Å²) in [6, 6.07) is 5.05. The summed E-state index contributed by atoms with van der Waals surface area (Å²) in [4.78, 5) is 27.3. The predicted molar refractivity (Wildman–Crippen MR) is 108 cm³/mol. The number of aromatic hydroxyl groups is 1. The molecular formula is C19H16Cl2N4O4. The van der Waals surface area contributed by atoms with Gasteiger partial charge in [-0.25, -0.2) is 9.67 Å². The zero-order valence-electron chi connectivity index (χ0n) is 15.4. The molecule has 0 saturated carbocycles. The van der Waals surface area contributed by atoms with Crippen molar-refractivity contribution in [3.05, 3.63) is 58.1 Å². The van der Waals surface area contributed by atoms with Gasteiger partial charge in [-0.3, -0.25) is 9.59 Å². The van der Waals surface area contributed by atoms with Gasteiger partial charge in [0.25, 0.3) is 5.91 Å². The number of methoxy groups -OCH3 is 1. The molecule has 0 aliphatic heterocycles. The lowest BCUT2D eigenvalue weighted by Crippen LogP contribution is -2.30. The second-order valence-electron chi connectivity index (χ2n) is 6.02. The standard InChI is InChI=1S/C19H16Cl2N4O4/c1-10-13(7-22-17(18(10)27)19(28)23-8-16(26)29-2)11-6-24-25(9-11)15-4-3-12(20)5-14(15)21/h3-7,9,27H,8H2,1-2H3,(H,23,28). The number of ether oxygens (including phenoxy) is 1. The van der Waals surface area contributed by atoms with Crippen molar-refractivity contribution in [3.63, 3.8) is 0 Å². The van der Waals surface area contributed by atoms with Gasteiger partial charge in [-0.05, 0) is 25.1 Å². The summed E-state index contributed by atoms with van der Waals surface area (Å²) in [6.07, 6.45) is 4.76. The number of pyridine rings is 1. The lowest BCUT2D eigenvalue weighted by atomic mass is 10.0. The maximum Gasteiger partial charge on any atom is 0.325 e. The molecule has 0 spiro atoms. The largest absolute Gasteiger partial charge is 0.505 e. The normalized spacial score (nSPS) is 10.6. The van der Waals surface area contributed by atoms with Crippen molar-refractivity contribution in [3.8, 4) is 22.6 Å². The van der Waals surface area contributed by atoms with Crippen molar-refractivity contribution in [1.82, 2.24) is 20.1 Å². The number of carbonyl (C=O) groups excluding carboxylic acids is 2. The number of amides is 1. The molecule has 1 amide bonds. The number of hydrogen-bond donors (Lipinski definition) is 2. The number of benzene rings is 1. The molecule has 0 bridgehead atoms. The van der Waals surface area contributed by atoms with Crippen LogP contribution in [0.3, 0.4) is 0 Å². The van der Waals surface area contributed by atoms with Crippen molar-refractivity contribution >= 4 is 35.1 Å². The number of hydrogen-bond acceptors (Lipinski definition) is 6. The Labute approximate surface area is 176 Å². The van der Waals surface area contributed by atoms with Crippen LogP contribution in [-0.2, 0) is 9.53 Å². The Kier molecular flexibility index (Phi) is 6.05. The van der Waals surface area contributed by atoms with Crippen molar-refractivity contribution in [2.45, 2.75) is 6.92 Å². The molecule has 2 N–H and O–H groups in total. The van der Waals surface area contributed by atoms with E-state index in [4.69, 9.17) is 23.2 Å². The highest BCUT2D eigenvalue weighted by molar-refractivity contribution is 6.35. The van der Waals surface area contributed by atoms with E-state index in [-0.39, 0.29) is 18.0 Å². The van der Waals surface area contributed by atoms with Crippen molar-refractivity contribution in [2.24, 2.45) is 0 Å². The van der Waals surface area contributed by atoms with E-state index in [1.165, 1.54) is 13.3 Å².